The Balaban J connectivity index is 1.72. The number of amides is 1. The first-order chi connectivity index (χ1) is 10.5. The number of anilines is 1. The van der Waals surface area contributed by atoms with Crippen LogP contribution in [0.5, 0.6) is 0 Å². The van der Waals surface area contributed by atoms with E-state index < -0.39 is 0 Å². The van der Waals surface area contributed by atoms with Gasteiger partial charge in [0.05, 0.1) is 12.1 Å². The van der Waals surface area contributed by atoms with Gasteiger partial charge >= 0.3 is 0 Å². The summed E-state index contributed by atoms with van der Waals surface area (Å²) in [5.41, 5.74) is 5.52. The van der Waals surface area contributed by atoms with Gasteiger partial charge in [-0.25, -0.2) is 4.98 Å². The van der Waals surface area contributed by atoms with E-state index in [1.54, 1.807) is 11.3 Å². The Labute approximate surface area is 135 Å². The van der Waals surface area contributed by atoms with Crippen LogP contribution in [0, 0.1) is 20.8 Å². The highest BCUT2D eigenvalue weighted by Crippen LogP contribution is 2.24. The minimum atomic E-state index is 0.00843. The number of nitrogens with one attached hydrogen (secondary N) is 2. The summed E-state index contributed by atoms with van der Waals surface area (Å²) in [6.07, 6.45) is 1.31. The fraction of sp³-hybridized carbons (Fsp3) is 0.412. The topological polar surface area (TPSA) is 54.0 Å². The zero-order valence-corrected chi connectivity index (χ0v) is 14.1. The summed E-state index contributed by atoms with van der Waals surface area (Å²) in [5, 5.41) is 7.29. The molecule has 1 aliphatic heterocycles. The number of fused-ring (bicyclic) bond motifs is 1. The Morgan fingerprint density at radius 3 is 2.73 bits per heavy atom. The summed E-state index contributed by atoms with van der Waals surface area (Å²) >= 11 is 1.65. The molecule has 2 aromatic rings. The molecule has 1 amide bonds. The lowest BCUT2D eigenvalue weighted by Gasteiger charge is -2.12. The first kappa shape index (κ1) is 15.2. The normalized spacial score (nSPS) is 13.8. The van der Waals surface area contributed by atoms with Gasteiger partial charge in [0, 0.05) is 30.1 Å². The Bertz CT molecular complexity index is 674. The number of aryl methyl sites for hydroxylation is 3. The third-order valence-corrected chi connectivity index (χ3v) is 5.00. The summed E-state index contributed by atoms with van der Waals surface area (Å²) < 4.78 is 0. The van der Waals surface area contributed by atoms with Crippen LogP contribution in [0.2, 0.25) is 0 Å². The van der Waals surface area contributed by atoms with Gasteiger partial charge in [-0.2, -0.15) is 0 Å². The number of carbonyl (C=O) groups excluding carboxylic acids is 1. The van der Waals surface area contributed by atoms with Gasteiger partial charge in [0.25, 0.3) is 0 Å². The fourth-order valence-corrected chi connectivity index (χ4v) is 4.04. The van der Waals surface area contributed by atoms with Gasteiger partial charge in [-0.3, -0.25) is 4.79 Å². The first-order valence-electron chi connectivity index (χ1n) is 7.59. The third-order valence-electron chi connectivity index (χ3n) is 3.90. The summed E-state index contributed by atoms with van der Waals surface area (Å²) in [4.78, 5) is 18.2. The van der Waals surface area contributed by atoms with E-state index in [4.69, 9.17) is 0 Å². The molecule has 22 heavy (non-hydrogen) atoms. The number of rotatable bonds is 3. The Morgan fingerprint density at radius 2 is 2.05 bits per heavy atom. The number of hydrogen-bond acceptors (Lipinski definition) is 4. The SMILES string of the molecule is Cc1cc(C)c(NC(=O)Cc2nc3c(s2)CNCC3)c(C)c1. The minimum absolute atomic E-state index is 0.00843. The van der Waals surface area contributed by atoms with Gasteiger partial charge in [-0.05, 0) is 31.9 Å². The van der Waals surface area contributed by atoms with Crippen molar-refractivity contribution in [3.63, 3.8) is 0 Å². The van der Waals surface area contributed by atoms with Gasteiger partial charge in [0.2, 0.25) is 5.91 Å². The molecule has 0 radical (unpaired) electrons. The Kier molecular flexibility index (Phi) is 4.27. The van der Waals surface area contributed by atoms with Crippen LogP contribution in [-0.4, -0.2) is 17.4 Å². The van der Waals surface area contributed by atoms with Crippen molar-refractivity contribution >= 4 is 22.9 Å². The van der Waals surface area contributed by atoms with Crippen molar-refractivity contribution in [2.75, 3.05) is 11.9 Å². The summed E-state index contributed by atoms with van der Waals surface area (Å²) in [5.74, 6) is 0.00843. The van der Waals surface area contributed by atoms with Gasteiger partial charge in [0.15, 0.2) is 0 Å². The molecule has 5 heteroatoms. The van der Waals surface area contributed by atoms with Gasteiger partial charge in [0.1, 0.15) is 5.01 Å². The van der Waals surface area contributed by atoms with Crippen LogP contribution in [0.1, 0.15) is 32.3 Å². The molecular formula is C17H21N3OS. The second-order valence-electron chi connectivity index (χ2n) is 5.90. The lowest BCUT2D eigenvalue weighted by molar-refractivity contribution is -0.115. The molecule has 1 aromatic carbocycles. The zero-order chi connectivity index (χ0) is 15.7. The molecule has 2 N–H and O–H groups in total. The molecule has 0 unspecified atom stereocenters. The average molecular weight is 315 g/mol. The van der Waals surface area contributed by atoms with E-state index in [0.29, 0.717) is 6.42 Å². The first-order valence-corrected chi connectivity index (χ1v) is 8.40. The highest BCUT2D eigenvalue weighted by molar-refractivity contribution is 7.11. The molecule has 2 heterocycles. The second-order valence-corrected chi connectivity index (χ2v) is 7.07. The Morgan fingerprint density at radius 1 is 1.32 bits per heavy atom. The number of benzene rings is 1. The molecule has 0 saturated carbocycles. The number of aromatic nitrogens is 1. The quantitative estimate of drug-likeness (QED) is 0.916. The largest absolute Gasteiger partial charge is 0.325 e. The van der Waals surface area contributed by atoms with Crippen LogP contribution >= 0.6 is 11.3 Å². The van der Waals surface area contributed by atoms with Crippen LogP contribution in [0.15, 0.2) is 12.1 Å². The van der Waals surface area contributed by atoms with E-state index in [-0.39, 0.29) is 5.91 Å². The van der Waals surface area contributed by atoms with E-state index in [0.717, 1.165) is 47.0 Å². The minimum Gasteiger partial charge on any atom is -0.325 e. The average Bonchev–Trinajstić information content (AvgIpc) is 2.84. The van der Waals surface area contributed by atoms with Crippen molar-refractivity contribution in [3.05, 3.63) is 44.4 Å². The van der Waals surface area contributed by atoms with Crippen molar-refractivity contribution < 1.29 is 4.79 Å². The molecule has 1 aromatic heterocycles. The van der Waals surface area contributed by atoms with E-state index in [1.807, 2.05) is 13.8 Å². The molecule has 0 fully saturated rings. The molecule has 0 bridgehead atoms. The summed E-state index contributed by atoms with van der Waals surface area (Å²) in [6, 6.07) is 4.19. The molecular weight excluding hydrogens is 294 g/mol. The van der Waals surface area contributed by atoms with Crippen molar-refractivity contribution in [1.82, 2.24) is 10.3 Å². The summed E-state index contributed by atoms with van der Waals surface area (Å²) in [6.45, 7) is 7.99. The molecule has 1 aliphatic rings. The van der Waals surface area contributed by atoms with Crippen molar-refractivity contribution in [3.8, 4) is 0 Å². The maximum absolute atomic E-state index is 12.3. The number of hydrogen-bond donors (Lipinski definition) is 2. The predicted octanol–water partition coefficient (Wildman–Crippen LogP) is 2.90. The molecule has 3 rings (SSSR count). The molecule has 4 nitrogen and oxygen atoms in total. The van der Waals surface area contributed by atoms with Crippen LogP contribution in [0.3, 0.4) is 0 Å². The van der Waals surface area contributed by atoms with Crippen LogP contribution in [0.4, 0.5) is 5.69 Å². The van der Waals surface area contributed by atoms with Gasteiger partial charge in [-0.1, -0.05) is 17.7 Å². The maximum Gasteiger partial charge on any atom is 0.231 e. The smallest absolute Gasteiger partial charge is 0.231 e. The fourth-order valence-electron chi connectivity index (χ4n) is 2.95. The van der Waals surface area contributed by atoms with Gasteiger partial charge in [-0.15, -0.1) is 11.3 Å². The van der Waals surface area contributed by atoms with Crippen molar-refractivity contribution in [1.29, 1.82) is 0 Å². The lowest BCUT2D eigenvalue weighted by atomic mass is 10.1. The van der Waals surface area contributed by atoms with E-state index in [9.17, 15) is 4.79 Å². The second kappa shape index (κ2) is 6.18. The molecule has 116 valence electrons. The van der Waals surface area contributed by atoms with E-state index in [1.165, 1.54) is 10.4 Å². The lowest BCUT2D eigenvalue weighted by Crippen LogP contribution is -2.22. The number of thiazole rings is 1. The predicted molar refractivity (Wildman–Crippen MR) is 90.5 cm³/mol. The third kappa shape index (κ3) is 3.20. The molecule has 0 atom stereocenters. The number of nitrogens with zero attached hydrogens (tertiary/aromatic N) is 1. The highest BCUT2D eigenvalue weighted by atomic mass is 32.1. The Hall–Kier alpha value is -1.72. The van der Waals surface area contributed by atoms with Crippen LogP contribution in [0.25, 0.3) is 0 Å². The van der Waals surface area contributed by atoms with Crippen molar-refractivity contribution in [2.24, 2.45) is 0 Å². The van der Waals surface area contributed by atoms with E-state index >= 15 is 0 Å². The molecule has 0 aliphatic carbocycles. The van der Waals surface area contributed by atoms with Crippen LogP contribution in [-0.2, 0) is 24.2 Å². The zero-order valence-electron chi connectivity index (χ0n) is 13.2. The standard InChI is InChI=1S/C17H21N3OS/c1-10-6-11(2)17(12(3)7-10)20-15(21)8-16-19-13-4-5-18-9-14(13)22-16/h6-7,18H,4-5,8-9H2,1-3H3,(H,20,21). The molecule has 0 spiro atoms. The summed E-state index contributed by atoms with van der Waals surface area (Å²) in [7, 11) is 0. The highest BCUT2D eigenvalue weighted by Gasteiger charge is 2.17. The van der Waals surface area contributed by atoms with Crippen LogP contribution < -0.4 is 10.6 Å². The number of carbonyl (C=O) groups is 1. The van der Waals surface area contributed by atoms with E-state index in [2.05, 4.69) is 34.7 Å². The van der Waals surface area contributed by atoms with Crippen molar-refractivity contribution in [2.45, 2.75) is 40.2 Å². The molecule has 0 saturated heterocycles. The monoisotopic (exact) mass is 315 g/mol. The van der Waals surface area contributed by atoms with Gasteiger partial charge < -0.3 is 10.6 Å². The maximum atomic E-state index is 12.3.